The van der Waals surface area contributed by atoms with Crippen molar-refractivity contribution in [3.63, 3.8) is 0 Å². The molecule has 2 aromatic rings. The molecule has 2 aromatic carbocycles. The topological polar surface area (TPSA) is 52.4 Å². The van der Waals surface area contributed by atoms with Crippen molar-refractivity contribution < 1.29 is 14.1 Å². The second-order valence-corrected chi connectivity index (χ2v) is 3.79. The quantitative estimate of drug-likeness (QED) is 0.611. The molecule has 0 spiro atoms. The lowest BCUT2D eigenvalue weighted by atomic mass is 10.2. The third-order valence-corrected chi connectivity index (χ3v) is 2.34. The van der Waals surface area contributed by atoms with Crippen LogP contribution in [0.1, 0.15) is 5.56 Å². The highest BCUT2D eigenvalue weighted by Gasteiger charge is 2.14. The number of nitro groups is 1. The normalized spacial score (nSPS) is 10.1. The van der Waals surface area contributed by atoms with Crippen LogP contribution in [0, 0.1) is 22.9 Å². The van der Waals surface area contributed by atoms with Gasteiger partial charge in [0.05, 0.1) is 4.92 Å². The zero-order chi connectivity index (χ0) is 13.1. The lowest BCUT2D eigenvalue weighted by Gasteiger charge is -2.06. The molecule has 0 aromatic heterocycles. The van der Waals surface area contributed by atoms with Gasteiger partial charge in [0.15, 0.2) is 0 Å². The maximum Gasteiger partial charge on any atom is 0.305 e. The Hall–Kier alpha value is -2.43. The number of nitrogens with zero attached hydrogens (tertiary/aromatic N) is 1. The number of nitro benzene ring substituents is 1. The number of rotatable bonds is 3. The van der Waals surface area contributed by atoms with E-state index < -0.39 is 16.4 Å². The Morgan fingerprint density at radius 1 is 1.17 bits per heavy atom. The van der Waals surface area contributed by atoms with Crippen LogP contribution in [0.5, 0.6) is 11.5 Å². The first-order valence-electron chi connectivity index (χ1n) is 5.25. The third kappa shape index (κ3) is 2.63. The molecule has 0 radical (unpaired) electrons. The van der Waals surface area contributed by atoms with E-state index in [1.54, 1.807) is 12.1 Å². The highest BCUT2D eigenvalue weighted by Crippen LogP contribution is 2.26. The molecule has 0 amide bonds. The lowest BCUT2D eigenvalue weighted by molar-refractivity contribution is -0.387. The van der Waals surface area contributed by atoms with Gasteiger partial charge in [-0.1, -0.05) is 12.1 Å². The van der Waals surface area contributed by atoms with Crippen LogP contribution in [0.25, 0.3) is 0 Å². The minimum absolute atomic E-state index is 0.226. The molecule has 0 atom stereocenters. The first-order valence-corrected chi connectivity index (χ1v) is 5.25. The molecule has 0 aliphatic heterocycles. The summed E-state index contributed by atoms with van der Waals surface area (Å²) in [5.41, 5.74) is 0.446. The number of hydrogen-bond donors (Lipinski definition) is 0. The number of ether oxygens (including phenoxy) is 1. The molecule has 0 saturated heterocycles. The molecule has 0 N–H and O–H groups in total. The largest absolute Gasteiger partial charge is 0.457 e. The Balaban J connectivity index is 2.25. The fourth-order valence-electron chi connectivity index (χ4n) is 1.51. The fourth-order valence-corrected chi connectivity index (χ4v) is 1.51. The average Bonchev–Trinajstić information content (AvgIpc) is 2.28. The zero-order valence-electron chi connectivity index (χ0n) is 9.59. The third-order valence-electron chi connectivity index (χ3n) is 2.34. The van der Waals surface area contributed by atoms with E-state index in [9.17, 15) is 14.5 Å². The Kier molecular flexibility index (Phi) is 3.23. The molecule has 0 saturated carbocycles. The van der Waals surface area contributed by atoms with E-state index in [-0.39, 0.29) is 5.75 Å². The van der Waals surface area contributed by atoms with Gasteiger partial charge in [0.2, 0.25) is 5.82 Å². The van der Waals surface area contributed by atoms with Crippen LogP contribution < -0.4 is 4.74 Å². The predicted molar refractivity (Wildman–Crippen MR) is 64.3 cm³/mol. The molecule has 0 aliphatic carbocycles. The van der Waals surface area contributed by atoms with Gasteiger partial charge in [0.25, 0.3) is 0 Å². The van der Waals surface area contributed by atoms with Crippen LogP contribution in [0.15, 0.2) is 42.5 Å². The van der Waals surface area contributed by atoms with E-state index in [1.807, 2.05) is 19.1 Å². The molecule has 0 unspecified atom stereocenters. The monoisotopic (exact) mass is 247 g/mol. The van der Waals surface area contributed by atoms with E-state index in [2.05, 4.69) is 0 Å². The molecule has 0 heterocycles. The van der Waals surface area contributed by atoms with Gasteiger partial charge >= 0.3 is 5.69 Å². The van der Waals surface area contributed by atoms with Crippen LogP contribution in [-0.4, -0.2) is 4.92 Å². The number of benzene rings is 2. The summed E-state index contributed by atoms with van der Waals surface area (Å²) in [7, 11) is 0. The molecule has 2 rings (SSSR count). The van der Waals surface area contributed by atoms with Gasteiger partial charge in [-0.05, 0) is 30.7 Å². The fraction of sp³-hybridized carbons (Fsp3) is 0.0769. The van der Waals surface area contributed by atoms with Crippen LogP contribution in [-0.2, 0) is 0 Å². The van der Waals surface area contributed by atoms with Crippen molar-refractivity contribution in [2.24, 2.45) is 0 Å². The summed E-state index contributed by atoms with van der Waals surface area (Å²) >= 11 is 0. The smallest absolute Gasteiger partial charge is 0.305 e. The van der Waals surface area contributed by atoms with Crippen molar-refractivity contribution in [2.45, 2.75) is 6.92 Å². The highest BCUT2D eigenvalue weighted by atomic mass is 19.1. The van der Waals surface area contributed by atoms with Gasteiger partial charge in [-0.3, -0.25) is 10.1 Å². The summed E-state index contributed by atoms with van der Waals surface area (Å²) in [4.78, 5) is 9.69. The van der Waals surface area contributed by atoms with E-state index in [4.69, 9.17) is 4.74 Å². The summed E-state index contributed by atoms with van der Waals surface area (Å²) in [6.45, 7) is 1.91. The van der Waals surface area contributed by atoms with Crippen LogP contribution in [0.2, 0.25) is 0 Å². The Labute approximate surface area is 103 Å². The highest BCUT2D eigenvalue weighted by molar-refractivity contribution is 5.40. The molecule has 18 heavy (non-hydrogen) atoms. The van der Waals surface area contributed by atoms with Crippen molar-refractivity contribution in [1.29, 1.82) is 0 Å². The van der Waals surface area contributed by atoms with Crippen molar-refractivity contribution >= 4 is 5.69 Å². The van der Waals surface area contributed by atoms with Gasteiger partial charge in [-0.25, -0.2) is 0 Å². The second-order valence-electron chi connectivity index (χ2n) is 3.79. The average molecular weight is 247 g/mol. The number of hydrogen-bond acceptors (Lipinski definition) is 3. The Morgan fingerprint density at radius 3 is 2.50 bits per heavy atom. The van der Waals surface area contributed by atoms with Crippen molar-refractivity contribution in [3.05, 3.63) is 64.0 Å². The maximum atomic E-state index is 13.4. The molecule has 4 nitrogen and oxygen atoms in total. The van der Waals surface area contributed by atoms with Crippen LogP contribution in [0.4, 0.5) is 10.1 Å². The van der Waals surface area contributed by atoms with Gasteiger partial charge in [0.1, 0.15) is 11.5 Å². The van der Waals surface area contributed by atoms with Gasteiger partial charge in [0, 0.05) is 12.1 Å². The van der Waals surface area contributed by atoms with E-state index in [0.717, 1.165) is 17.7 Å². The summed E-state index contributed by atoms with van der Waals surface area (Å²) < 4.78 is 18.8. The summed E-state index contributed by atoms with van der Waals surface area (Å²) in [5, 5.41) is 10.5. The van der Waals surface area contributed by atoms with E-state index in [1.165, 1.54) is 6.07 Å². The first kappa shape index (κ1) is 12.0. The predicted octanol–water partition coefficient (Wildman–Crippen LogP) is 3.83. The second kappa shape index (κ2) is 4.83. The molecular formula is C13H10FNO3. The van der Waals surface area contributed by atoms with E-state index >= 15 is 0 Å². The van der Waals surface area contributed by atoms with Gasteiger partial charge < -0.3 is 4.74 Å². The molecule has 0 aliphatic rings. The Morgan fingerprint density at radius 2 is 1.89 bits per heavy atom. The van der Waals surface area contributed by atoms with Gasteiger partial charge in [-0.15, -0.1) is 0 Å². The molecular weight excluding hydrogens is 237 g/mol. The minimum Gasteiger partial charge on any atom is -0.457 e. The maximum absolute atomic E-state index is 13.4. The van der Waals surface area contributed by atoms with Crippen molar-refractivity contribution in [3.8, 4) is 11.5 Å². The summed E-state index contributed by atoms with van der Waals surface area (Å²) in [6, 6.07) is 10.7. The van der Waals surface area contributed by atoms with Crippen LogP contribution in [0.3, 0.4) is 0 Å². The SMILES string of the molecule is Cc1cccc(Oc2ccc([N+](=O)[O-])c(F)c2)c1. The first-order chi connectivity index (χ1) is 8.56. The van der Waals surface area contributed by atoms with Crippen LogP contribution >= 0.6 is 0 Å². The number of halogens is 1. The summed E-state index contributed by atoms with van der Waals surface area (Å²) in [5.74, 6) is -0.128. The molecule has 0 fully saturated rings. The molecule has 5 heteroatoms. The Bertz CT molecular complexity index is 599. The van der Waals surface area contributed by atoms with Crippen molar-refractivity contribution in [1.82, 2.24) is 0 Å². The molecule has 92 valence electrons. The molecule has 0 bridgehead atoms. The minimum atomic E-state index is -0.912. The van der Waals surface area contributed by atoms with E-state index in [0.29, 0.717) is 5.75 Å². The number of aryl methyl sites for hydroxylation is 1. The van der Waals surface area contributed by atoms with Crippen molar-refractivity contribution in [2.75, 3.05) is 0 Å². The lowest BCUT2D eigenvalue weighted by Crippen LogP contribution is -1.93. The standard InChI is InChI=1S/C13H10FNO3/c1-9-3-2-4-10(7-9)18-11-5-6-13(15(16)17)12(14)8-11/h2-8H,1H3. The summed E-state index contributed by atoms with van der Waals surface area (Å²) in [6.07, 6.45) is 0. The zero-order valence-corrected chi connectivity index (χ0v) is 9.59. The van der Waals surface area contributed by atoms with Gasteiger partial charge in [-0.2, -0.15) is 4.39 Å².